The Bertz CT molecular complexity index is 466. The van der Waals surface area contributed by atoms with Crippen LogP contribution in [0.3, 0.4) is 0 Å². The second kappa shape index (κ2) is 8.35. The Hall–Kier alpha value is -1.84. The fourth-order valence-electron chi connectivity index (χ4n) is 1.78. The van der Waals surface area contributed by atoms with Gasteiger partial charge in [-0.1, -0.05) is 12.1 Å². The van der Waals surface area contributed by atoms with Crippen molar-refractivity contribution in [3.8, 4) is 5.75 Å². The van der Waals surface area contributed by atoms with Gasteiger partial charge in [0.25, 0.3) is 0 Å². The van der Waals surface area contributed by atoms with Gasteiger partial charge in [-0.3, -0.25) is 9.59 Å². The molecule has 0 fully saturated rings. The van der Waals surface area contributed by atoms with E-state index in [1.807, 2.05) is 26.0 Å². The fraction of sp³-hybridized carbons (Fsp3) is 0.500. The highest BCUT2D eigenvalue weighted by atomic mass is 16.5. The Kier molecular flexibility index (Phi) is 6.77. The van der Waals surface area contributed by atoms with E-state index in [9.17, 15) is 9.59 Å². The third kappa shape index (κ3) is 5.43. The van der Waals surface area contributed by atoms with Crippen molar-refractivity contribution in [2.24, 2.45) is 0 Å². The molecule has 0 saturated carbocycles. The molecule has 4 heteroatoms. The third-order valence-electron chi connectivity index (χ3n) is 3.10. The van der Waals surface area contributed by atoms with Crippen molar-refractivity contribution in [2.45, 2.75) is 46.5 Å². The van der Waals surface area contributed by atoms with Crippen LogP contribution in [0.1, 0.15) is 43.7 Å². The Morgan fingerprint density at radius 1 is 1.05 bits per heavy atom. The lowest BCUT2D eigenvalue weighted by molar-refractivity contribution is -0.143. The van der Waals surface area contributed by atoms with Crippen LogP contribution in [0.2, 0.25) is 0 Å². The summed E-state index contributed by atoms with van der Waals surface area (Å²) in [5.74, 6) is 0.137. The zero-order valence-corrected chi connectivity index (χ0v) is 12.4. The SMILES string of the molecule is CCOC(=O)CCCCC(=O)Oc1cccc(C)c1C. The van der Waals surface area contributed by atoms with Gasteiger partial charge in [0.1, 0.15) is 5.75 Å². The monoisotopic (exact) mass is 278 g/mol. The van der Waals surface area contributed by atoms with E-state index in [4.69, 9.17) is 9.47 Å². The maximum Gasteiger partial charge on any atom is 0.311 e. The molecule has 0 amide bonds. The van der Waals surface area contributed by atoms with Gasteiger partial charge in [-0.15, -0.1) is 0 Å². The average Bonchev–Trinajstić information content (AvgIpc) is 2.40. The minimum Gasteiger partial charge on any atom is -0.466 e. The molecule has 1 rings (SSSR count). The highest BCUT2D eigenvalue weighted by Gasteiger charge is 2.09. The van der Waals surface area contributed by atoms with E-state index in [1.54, 1.807) is 13.0 Å². The Morgan fingerprint density at radius 2 is 1.70 bits per heavy atom. The molecule has 4 nitrogen and oxygen atoms in total. The largest absolute Gasteiger partial charge is 0.466 e. The first-order valence-electron chi connectivity index (χ1n) is 6.97. The second-order valence-corrected chi connectivity index (χ2v) is 4.68. The molecule has 0 aliphatic carbocycles. The molecule has 0 aromatic heterocycles. The number of carbonyl (C=O) groups is 2. The first-order valence-corrected chi connectivity index (χ1v) is 6.97. The van der Waals surface area contributed by atoms with Gasteiger partial charge in [0.15, 0.2) is 0 Å². The molecule has 0 radical (unpaired) electrons. The van der Waals surface area contributed by atoms with E-state index in [2.05, 4.69) is 0 Å². The molecule has 0 aliphatic heterocycles. The molecule has 110 valence electrons. The van der Waals surface area contributed by atoms with Crippen molar-refractivity contribution >= 4 is 11.9 Å². The van der Waals surface area contributed by atoms with Crippen LogP contribution < -0.4 is 4.74 Å². The van der Waals surface area contributed by atoms with Crippen LogP contribution in [0.25, 0.3) is 0 Å². The van der Waals surface area contributed by atoms with Crippen molar-refractivity contribution in [3.05, 3.63) is 29.3 Å². The van der Waals surface area contributed by atoms with Gasteiger partial charge < -0.3 is 9.47 Å². The molecule has 0 aliphatic rings. The smallest absolute Gasteiger partial charge is 0.311 e. The number of ether oxygens (including phenoxy) is 2. The molecular formula is C16H22O4. The normalized spacial score (nSPS) is 10.2. The van der Waals surface area contributed by atoms with Crippen LogP contribution in [0.5, 0.6) is 5.75 Å². The summed E-state index contributed by atoms with van der Waals surface area (Å²) in [5, 5.41) is 0. The highest BCUT2D eigenvalue weighted by Crippen LogP contribution is 2.21. The van der Waals surface area contributed by atoms with Gasteiger partial charge in [-0.05, 0) is 50.8 Å². The lowest BCUT2D eigenvalue weighted by Gasteiger charge is -2.09. The molecule has 0 bridgehead atoms. The lowest BCUT2D eigenvalue weighted by atomic mass is 10.1. The molecule has 0 heterocycles. The molecule has 20 heavy (non-hydrogen) atoms. The summed E-state index contributed by atoms with van der Waals surface area (Å²) >= 11 is 0. The van der Waals surface area contributed by atoms with E-state index >= 15 is 0 Å². The maximum atomic E-state index is 11.7. The van der Waals surface area contributed by atoms with Crippen LogP contribution in [-0.2, 0) is 14.3 Å². The number of rotatable bonds is 7. The number of aryl methyl sites for hydroxylation is 1. The summed E-state index contributed by atoms with van der Waals surface area (Å²) in [6.45, 7) is 6.08. The van der Waals surface area contributed by atoms with Crippen molar-refractivity contribution in [1.82, 2.24) is 0 Å². The molecular weight excluding hydrogens is 256 g/mol. The summed E-state index contributed by atoms with van der Waals surface area (Å²) in [4.78, 5) is 22.8. The van der Waals surface area contributed by atoms with Crippen LogP contribution in [0.4, 0.5) is 0 Å². The Balaban J connectivity index is 2.30. The summed E-state index contributed by atoms with van der Waals surface area (Å²) in [5.41, 5.74) is 2.07. The minimum atomic E-state index is -0.262. The number of benzene rings is 1. The minimum absolute atomic E-state index is 0.213. The summed E-state index contributed by atoms with van der Waals surface area (Å²) in [6, 6.07) is 5.64. The van der Waals surface area contributed by atoms with Crippen LogP contribution in [0, 0.1) is 13.8 Å². The zero-order valence-electron chi connectivity index (χ0n) is 12.4. The van der Waals surface area contributed by atoms with E-state index < -0.39 is 0 Å². The van der Waals surface area contributed by atoms with Gasteiger partial charge >= 0.3 is 11.9 Å². The molecule has 1 aromatic rings. The summed E-state index contributed by atoms with van der Waals surface area (Å²) in [6.07, 6.45) is 1.93. The molecule has 1 aromatic carbocycles. The molecule has 0 unspecified atom stereocenters. The first-order chi connectivity index (χ1) is 9.54. The van der Waals surface area contributed by atoms with Crippen LogP contribution >= 0.6 is 0 Å². The summed E-state index contributed by atoms with van der Waals surface area (Å²) < 4.78 is 10.1. The van der Waals surface area contributed by atoms with Gasteiger partial charge in [0.05, 0.1) is 6.61 Å². The molecule has 0 atom stereocenters. The second-order valence-electron chi connectivity index (χ2n) is 4.68. The van der Waals surface area contributed by atoms with Crippen molar-refractivity contribution < 1.29 is 19.1 Å². The Labute approximate surface area is 120 Å². The highest BCUT2D eigenvalue weighted by molar-refractivity contribution is 5.73. The van der Waals surface area contributed by atoms with Gasteiger partial charge in [0, 0.05) is 12.8 Å². The molecule has 0 N–H and O–H groups in total. The maximum absolute atomic E-state index is 11.7. The predicted octanol–water partition coefficient (Wildman–Crippen LogP) is 3.33. The number of carbonyl (C=O) groups excluding carboxylic acids is 2. The summed E-state index contributed by atoms with van der Waals surface area (Å²) in [7, 11) is 0. The van der Waals surface area contributed by atoms with E-state index in [0.717, 1.165) is 11.1 Å². The predicted molar refractivity (Wildman–Crippen MR) is 76.7 cm³/mol. The third-order valence-corrected chi connectivity index (χ3v) is 3.10. The molecule has 0 spiro atoms. The van der Waals surface area contributed by atoms with Crippen molar-refractivity contribution in [2.75, 3.05) is 6.61 Å². The van der Waals surface area contributed by atoms with E-state index in [1.165, 1.54) is 0 Å². The van der Waals surface area contributed by atoms with Crippen molar-refractivity contribution in [3.63, 3.8) is 0 Å². The zero-order chi connectivity index (χ0) is 15.0. The van der Waals surface area contributed by atoms with E-state index in [-0.39, 0.29) is 11.9 Å². The standard InChI is InChI=1S/C16H22O4/c1-4-19-15(17)10-5-6-11-16(18)20-14-9-7-8-12(2)13(14)3/h7-9H,4-6,10-11H2,1-3H3. The fourth-order valence-corrected chi connectivity index (χ4v) is 1.78. The van der Waals surface area contributed by atoms with Crippen LogP contribution in [-0.4, -0.2) is 18.5 Å². The number of hydrogen-bond acceptors (Lipinski definition) is 4. The van der Waals surface area contributed by atoms with E-state index in [0.29, 0.717) is 38.0 Å². The average molecular weight is 278 g/mol. The van der Waals surface area contributed by atoms with Gasteiger partial charge in [-0.2, -0.15) is 0 Å². The Morgan fingerprint density at radius 3 is 2.35 bits per heavy atom. The number of hydrogen-bond donors (Lipinski definition) is 0. The first kappa shape index (κ1) is 16.2. The molecule has 0 saturated heterocycles. The lowest BCUT2D eigenvalue weighted by Crippen LogP contribution is -2.09. The van der Waals surface area contributed by atoms with Gasteiger partial charge in [0.2, 0.25) is 0 Å². The number of esters is 2. The van der Waals surface area contributed by atoms with Crippen molar-refractivity contribution in [1.29, 1.82) is 0 Å². The van der Waals surface area contributed by atoms with Crippen LogP contribution in [0.15, 0.2) is 18.2 Å². The number of unbranched alkanes of at least 4 members (excludes halogenated alkanes) is 1. The van der Waals surface area contributed by atoms with Gasteiger partial charge in [-0.25, -0.2) is 0 Å². The quantitative estimate of drug-likeness (QED) is 0.436. The topological polar surface area (TPSA) is 52.6 Å².